The molecule has 4 aliphatic rings. The number of aryl methyl sites for hydroxylation is 4. The number of benzene rings is 1. The summed E-state index contributed by atoms with van der Waals surface area (Å²) in [6, 6.07) is 28.9. The lowest BCUT2D eigenvalue weighted by atomic mass is 10.1. The SMILES string of the molecule is Cc1ccc(-c2cc(C)c3c(n2)N(C(=O)Nc2cccnc2)[C@H]2CCN3C2)cn1.Cc1ccc(-c2cc(C)c3c(n2)N[C@H]2CCN3C2)cn1.O=C(Nc1cccnc1)Oc1ccccc1. The highest BCUT2D eigenvalue weighted by atomic mass is 16.6. The minimum Gasteiger partial charge on any atom is -0.410 e. The molecule has 328 valence electrons. The molecular weight excluding hydrogens is 817 g/mol. The second-order valence-corrected chi connectivity index (χ2v) is 16.5. The van der Waals surface area contributed by atoms with Crippen molar-refractivity contribution in [2.24, 2.45) is 0 Å². The molecule has 0 spiro atoms. The van der Waals surface area contributed by atoms with Gasteiger partial charge in [0.25, 0.3) is 0 Å². The zero-order valence-electron chi connectivity index (χ0n) is 36.8. The standard InChI is InChI=1S/C22H22N6O.C16H18N4.C12H10N2O2/c1-14-10-19(16-6-5-15(2)24-11-16)26-21-20(14)27-9-7-18(13-27)28(21)22(29)25-17-4-3-8-23-12-17;1-10-7-14(12-4-3-11(2)17-8-12)19-16-15(10)20-6-5-13(9-20)18-16;15-12(14-10-5-4-8-13-9-10)16-11-6-2-1-3-7-11/h3-6,8,10-12,18H,7,9,13H2,1-2H3,(H,25,29);3-4,7-8,13H,5-6,9H2,1-2H3,(H,18,19);1-9H,(H,14,15)/t18-;13-;/m00./s1. The molecule has 3 amide bonds. The van der Waals surface area contributed by atoms with Gasteiger partial charge in [0.15, 0.2) is 11.6 Å². The number of nitrogens with one attached hydrogen (secondary N) is 3. The minimum atomic E-state index is -0.529. The van der Waals surface area contributed by atoms with Crippen molar-refractivity contribution in [3.8, 4) is 28.3 Å². The van der Waals surface area contributed by atoms with E-state index in [9.17, 15) is 9.59 Å². The fourth-order valence-corrected chi connectivity index (χ4v) is 8.57. The van der Waals surface area contributed by atoms with E-state index < -0.39 is 6.09 Å². The Kier molecular flexibility index (Phi) is 12.3. The van der Waals surface area contributed by atoms with Crippen molar-refractivity contribution in [1.82, 2.24) is 29.9 Å². The van der Waals surface area contributed by atoms with E-state index in [0.717, 1.165) is 89.4 Å². The maximum atomic E-state index is 13.2. The van der Waals surface area contributed by atoms with Gasteiger partial charge < -0.3 is 25.2 Å². The molecule has 2 saturated heterocycles. The van der Waals surface area contributed by atoms with Crippen LogP contribution in [0.3, 0.4) is 0 Å². The summed E-state index contributed by atoms with van der Waals surface area (Å²) in [6.07, 6.45) is 11.9. The average Bonchev–Trinajstić information content (AvgIpc) is 3.90. The van der Waals surface area contributed by atoms with Crippen LogP contribution in [0.5, 0.6) is 5.75 Å². The van der Waals surface area contributed by atoms with Crippen LogP contribution in [-0.4, -0.2) is 80.3 Å². The van der Waals surface area contributed by atoms with Gasteiger partial charge in [0, 0.05) is 79.5 Å². The predicted molar refractivity (Wildman–Crippen MR) is 255 cm³/mol. The molecule has 15 nitrogen and oxygen atoms in total. The Bertz CT molecular complexity index is 2740. The number of amides is 3. The van der Waals surface area contributed by atoms with Crippen LogP contribution < -0.4 is 35.4 Å². The lowest BCUT2D eigenvalue weighted by Crippen LogP contribution is -2.48. The molecule has 6 aromatic heterocycles. The van der Waals surface area contributed by atoms with Gasteiger partial charge in [-0.05, 0) is 124 Å². The Morgan fingerprint density at radius 3 is 1.91 bits per heavy atom. The van der Waals surface area contributed by atoms with Gasteiger partial charge in [-0.1, -0.05) is 18.2 Å². The van der Waals surface area contributed by atoms with Crippen LogP contribution in [0.2, 0.25) is 0 Å². The van der Waals surface area contributed by atoms with Crippen molar-refractivity contribution in [3.05, 3.63) is 151 Å². The molecule has 7 aromatic rings. The van der Waals surface area contributed by atoms with E-state index in [-0.39, 0.29) is 12.1 Å². The van der Waals surface area contributed by atoms with Crippen molar-refractivity contribution < 1.29 is 14.3 Å². The van der Waals surface area contributed by atoms with Crippen molar-refractivity contribution in [3.63, 3.8) is 0 Å². The van der Waals surface area contributed by atoms with Crippen molar-refractivity contribution in [1.29, 1.82) is 0 Å². The molecule has 1 aromatic carbocycles. The Morgan fingerprint density at radius 2 is 1.28 bits per heavy atom. The maximum Gasteiger partial charge on any atom is 0.417 e. The molecule has 65 heavy (non-hydrogen) atoms. The number of pyridine rings is 6. The molecule has 10 heterocycles. The van der Waals surface area contributed by atoms with Gasteiger partial charge in [-0.3, -0.25) is 30.2 Å². The number of hydrogen-bond acceptors (Lipinski definition) is 12. The number of ether oxygens (including phenoxy) is 1. The quantitative estimate of drug-likeness (QED) is 0.150. The van der Waals surface area contributed by atoms with Gasteiger partial charge in [0.1, 0.15) is 5.75 Å². The molecule has 0 aliphatic carbocycles. The molecule has 15 heteroatoms. The molecular formula is C50H50N12O3. The molecule has 11 rings (SSSR count). The summed E-state index contributed by atoms with van der Waals surface area (Å²) in [5, 5.41) is 9.12. The van der Waals surface area contributed by atoms with Gasteiger partial charge >= 0.3 is 12.1 Å². The summed E-state index contributed by atoms with van der Waals surface area (Å²) in [5.41, 5.74) is 11.9. The van der Waals surface area contributed by atoms with Crippen molar-refractivity contribution in [2.75, 3.05) is 56.8 Å². The van der Waals surface area contributed by atoms with E-state index >= 15 is 0 Å². The summed E-state index contributed by atoms with van der Waals surface area (Å²) in [4.78, 5) is 57.8. The Balaban J connectivity index is 0.000000130. The number of anilines is 6. The number of hydrogen-bond donors (Lipinski definition) is 3. The Morgan fingerprint density at radius 1 is 0.662 bits per heavy atom. The summed E-state index contributed by atoms with van der Waals surface area (Å²) in [7, 11) is 0. The summed E-state index contributed by atoms with van der Waals surface area (Å²) < 4.78 is 5.04. The second-order valence-electron chi connectivity index (χ2n) is 16.5. The molecule has 3 N–H and O–H groups in total. The van der Waals surface area contributed by atoms with Crippen LogP contribution in [0.25, 0.3) is 22.5 Å². The first kappa shape index (κ1) is 42.4. The highest BCUT2D eigenvalue weighted by molar-refractivity contribution is 6.05. The Labute approximate surface area is 378 Å². The van der Waals surface area contributed by atoms with Crippen LogP contribution >= 0.6 is 0 Å². The zero-order chi connectivity index (χ0) is 44.9. The molecule has 2 atom stereocenters. The Hall–Kier alpha value is -7.94. The van der Waals surface area contributed by atoms with Crippen LogP contribution in [0, 0.1) is 27.7 Å². The zero-order valence-corrected chi connectivity index (χ0v) is 36.8. The topological polar surface area (TPSA) is 167 Å². The molecule has 0 saturated carbocycles. The van der Waals surface area contributed by atoms with Crippen molar-refractivity contribution >= 4 is 46.5 Å². The van der Waals surface area contributed by atoms with Gasteiger partial charge in [0.05, 0.1) is 52.6 Å². The maximum absolute atomic E-state index is 13.2. The van der Waals surface area contributed by atoms with E-state index in [1.165, 1.54) is 17.7 Å². The number of fused-ring (bicyclic) bond motifs is 8. The lowest BCUT2D eigenvalue weighted by molar-refractivity contribution is 0.215. The third-order valence-corrected chi connectivity index (χ3v) is 11.7. The lowest BCUT2D eigenvalue weighted by Gasteiger charge is -2.37. The summed E-state index contributed by atoms with van der Waals surface area (Å²) in [6.45, 7) is 12.2. The van der Waals surface area contributed by atoms with Crippen LogP contribution in [0.1, 0.15) is 35.4 Å². The highest BCUT2D eigenvalue weighted by Crippen LogP contribution is 2.43. The number of para-hydroxylation sites is 1. The average molecular weight is 867 g/mol. The third kappa shape index (κ3) is 9.69. The number of aromatic nitrogens is 6. The van der Waals surface area contributed by atoms with Crippen LogP contribution in [0.15, 0.2) is 128 Å². The summed E-state index contributed by atoms with van der Waals surface area (Å²) in [5.74, 6) is 2.26. The number of nitrogens with zero attached hydrogens (tertiary/aromatic N) is 9. The van der Waals surface area contributed by atoms with E-state index in [1.54, 1.807) is 61.2 Å². The molecule has 4 aliphatic heterocycles. The number of carbonyl (C=O) groups excluding carboxylic acids is 2. The number of urea groups is 1. The monoisotopic (exact) mass is 866 g/mol. The highest BCUT2D eigenvalue weighted by Gasteiger charge is 2.41. The van der Waals surface area contributed by atoms with Crippen molar-refractivity contribution in [2.45, 2.75) is 52.6 Å². The number of rotatable bonds is 5. The van der Waals surface area contributed by atoms with E-state index in [2.05, 4.69) is 77.7 Å². The first-order chi connectivity index (χ1) is 31.6. The second kappa shape index (κ2) is 18.8. The molecule has 4 bridgehead atoms. The smallest absolute Gasteiger partial charge is 0.410 e. The predicted octanol–water partition coefficient (Wildman–Crippen LogP) is 9.24. The first-order valence-corrected chi connectivity index (χ1v) is 21.7. The normalized spacial score (nSPS) is 16.1. The van der Waals surface area contributed by atoms with E-state index in [1.807, 2.05) is 67.5 Å². The summed E-state index contributed by atoms with van der Waals surface area (Å²) >= 11 is 0. The van der Waals surface area contributed by atoms with Gasteiger partial charge in [0.2, 0.25) is 0 Å². The minimum absolute atomic E-state index is 0.109. The van der Waals surface area contributed by atoms with Gasteiger partial charge in [-0.25, -0.2) is 19.6 Å². The van der Waals surface area contributed by atoms with E-state index in [4.69, 9.17) is 14.7 Å². The van der Waals surface area contributed by atoms with Crippen LogP contribution in [-0.2, 0) is 0 Å². The molecule has 0 radical (unpaired) electrons. The van der Waals surface area contributed by atoms with Crippen LogP contribution in [0.4, 0.5) is 44.0 Å². The van der Waals surface area contributed by atoms with Gasteiger partial charge in [-0.15, -0.1) is 0 Å². The van der Waals surface area contributed by atoms with E-state index in [0.29, 0.717) is 23.2 Å². The largest absolute Gasteiger partial charge is 0.417 e. The fourth-order valence-electron chi connectivity index (χ4n) is 8.57. The first-order valence-electron chi connectivity index (χ1n) is 21.7. The number of carbonyl (C=O) groups is 2. The third-order valence-electron chi connectivity index (χ3n) is 11.7. The fraction of sp³-hybridized carbons (Fsp3) is 0.240. The van der Waals surface area contributed by atoms with Gasteiger partial charge in [-0.2, -0.15) is 0 Å². The molecule has 0 unspecified atom stereocenters. The molecule has 2 fully saturated rings.